The number of benzene rings is 3. The normalized spacial score (nSPS) is 11.2. The summed E-state index contributed by atoms with van der Waals surface area (Å²) in [6.07, 6.45) is 0.533. The largest absolute Gasteiger partial charge is 0.493 e. The molecule has 0 bridgehead atoms. The van der Waals surface area contributed by atoms with Crippen LogP contribution < -0.4 is 14.8 Å². The number of hydrogen-bond donors (Lipinski definition) is 1. The van der Waals surface area contributed by atoms with E-state index in [1.807, 2.05) is 60.7 Å². The molecule has 0 saturated carbocycles. The molecule has 3 rings (SSSR count). The summed E-state index contributed by atoms with van der Waals surface area (Å²) in [4.78, 5) is 35.9. The molecular formula is C25H24N2O7. The molecule has 0 radical (unpaired) electrons. The van der Waals surface area contributed by atoms with Gasteiger partial charge in [-0.2, -0.15) is 0 Å². The summed E-state index contributed by atoms with van der Waals surface area (Å²) in [5.41, 5.74) is 1.05. The van der Waals surface area contributed by atoms with Crippen molar-refractivity contribution in [3.63, 3.8) is 0 Å². The van der Waals surface area contributed by atoms with Gasteiger partial charge < -0.3 is 19.5 Å². The molecule has 0 spiro atoms. The van der Waals surface area contributed by atoms with Crippen molar-refractivity contribution in [3.05, 3.63) is 99.6 Å². The Morgan fingerprint density at radius 2 is 1.53 bits per heavy atom. The lowest BCUT2D eigenvalue weighted by Gasteiger charge is -2.19. The minimum Gasteiger partial charge on any atom is -0.493 e. The maximum Gasteiger partial charge on any atom is 0.345 e. The average Bonchev–Trinajstić information content (AvgIpc) is 2.87. The third-order valence-corrected chi connectivity index (χ3v) is 5.07. The Balaban J connectivity index is 1.72. The zero-order chi connectivity index (χ0) is 24.5. The van der Waals surface area contributed by atoms with Crippen LogP contribution in [0.4, 0.5) is 5.69 Å². The highest BCUT2D eigenvalue weighted by Crippen LogP contribution is 2.34. The van der Waals surface area contributed by atoms with Crippen LogP contribution >= 0.6 is 0 Å². The maximum atomic E-state index is 12.6. The molecule has 9 nitrogen and oxygen atoms in total. The van der Waals surface area contributed by atoms with Crippen LogP contribution in [-0.4, -0.2) is 37.6 Å². The summed E-state index contributed by atoms with van der Waals surface area (Å²) in [5, 5.41) is 14.3. The number of nitrogens with one attached hydrogen (secondary N) is 1. The van der Waals surface area contributed by atoms with Crippen molar-refractivity contribution in [3.8, 4) is 11.5 Å². The third-order valence-electron chi connectivity index (χ3n) is 5.07. The van der Waals surface area contributed by atoms with Gasteiger partial charge in [-0.3, -0.25) is 14.9 Å². The molecule has 1 unspecified atom stereocenters. The van der Waals surface area contributed by atoms with Crippen LogP contribution in [0, 0.1) is 10.1 Å². The first-order chi connectivity index (χ1) is 16.4. The number of methoxy groups -OCH3 is 2. The van der Waals surface area contributed by atoms with Gasteiger partial charge >= 0.3 is 5.97 Å². The highest BCUT2D eigenvalue weighted by atomic mass is 16.6. The fourth-order valence-electron chi connectivity index (χ4n) is 3.42. The Bertz CT molecular complexity index is 1150. The molecule has 0 aromatic heterocycles. The number of amides is 1. The summed E-state index contributed by atoms with van der Waals surface area (Å²) in [6.45, 7) is -0.609. The van der Waals surface area contributed by atoms with E-state index in [1.54, 1.807) is 0 Å². The van der Waals surface area contributed by atoms with Crippen LogP contribution in [0.1, 0.15) is 27.5 Å². The van der Waals surface area contributed by atoms with Crippen LogP contribution in [-0.2, 0) is 16.0 Å². The highest BCUT2D eigenvalue weighted by molar-refractivity contribution is 5.96. The molecule has 1 N–H and O–H groups in total. The van der Waals surface area contributed by atoms with E-state index in [2.05, 4.69) is 5.32 Å². The van der Waals surface area contributed by atoms with Gasteiger partial charge in [0, 0.05) is 6.07 Å². The molecule has 0 aliphatic carbocycles. The number of nitrogens with zero attached hydrogens (tertiary/aromatic N) is 1. The van der Waals surface area contributed by atoms with Crippen molar-refractivity contribution < 1.29 is 28.7 Å². The van der Waals surface area contributed by atoms with E-state index in [4.69, 9.17) is 14.2 Å². The van der Waals surface area contributed by atoms with Crippen molar-refractivity contribution in [1.29, 1.82) is 0 Å². The van der Waals surface area contributed by atoms with Gasteiger partial charge in [0.2, 0.25) is 0 Å². The SMILES string of the molecule is COc1cc(C(=O)OCC(=O)NC(Cc2ccccc2)c2ccccc2)c([N+](=O)[O-])cc1OC. The Morgan fingerprint density at radius 1 is 0.941 bits per heavy atom. The summed E-state index contributed by atoms with van der Waals surface area (Å²) in [7, 11) is 2.66. The van der Waals surface area contributed by atoms with Gasteiger partial charge in [-0.05, 0) is 17.5 Å². The van der Waals surface area contributed by atoms with Gasteiger partial charge in [0.25, 0.3) is 11.6 Å². The number of nitro groups is 1. The van der Waals surface area contributed by atoms with Crippen LogP contribution in [0.5, 0.6) is 11.5 Å². The number of carbonyl (C=O) groups excluding carboxylic acids is 2. The molecule has 176 valence electrons. The summed E-state index contributed by atoms with van der Waals surface area (Å²) < 4.78 is 15.2. The van der Waals surface area contributed by atoms with Crippen molar-refractivity contribution >= 4 is 17.6 Å². The monoisotopic (exact) mass is 464 g/mol. The zero-order valence-corrected chi connectivity index (χ0v) is 18.7. The first-order valence-corrected chi connectivity index (χ1v) is 10.4. The predicted molar refractivity (Wildman–Crippen MR) is 124 cm³/mol. The summed E-state index contributed by atoms with van der Waals surface area (Å²) in [5.74, 6) is -1.35. The van der Waals surface area contributed by atoms with Gasteiger partial charge in [0.15, 0.2) is 18.1 Å². The molecular weight excluding hydrogens is 440 g/mol. The molecule has 0 saturated heterocycles. The zero-order valence-electron chi connectivity index (χ0n) is 18.7. The quantitative estimate of drug-likeness (QED) is 0.275. The molecule has 0 fully saturated rings. The summed E-state index contributed by atoms with van der Waals surface area (Å²) >= 11 is 0. The van der Waals surface area contributed by atoms with Gasteiger partial charge in [-0.15, -0.1) is 0 Å². The number of ether oxygens (including phenoxy) is 3. The van der Waals surface area contributed by atoms with Crippen molar-refractivity contribution in [1.82, 2.24) is 5.32 Å². The minimum atomic E-state index is -1.03. The second-order valence-electron chi connectivity index (χ2n) is 7.28. The number of esters is 1. The van der Waals surface area contributed by atoms with Crippen molar-refractivity contribution in [2.75, 3.05) is 20.8 Å². The fourth-order valence-corrected chi connectivity index (χ4v) is 3.42. The summed E-state index contributed by atoms with van der Waals surface area (Å²) in [6, 6.07) is 20.9. The smallest absolute Gasteiger partial charge is 0.345 e. The van der Waals surface area contributed by atoms with Crippen molar-refractivity contribution in [2.24, 2.45) is 0 Å². The van der Waals surface area contributed by atoms with Crippen LogP contribution in [0.3, 0.4) is 0 Å². The standard InChI is InChI=1S/C25H24N2O7/c1-32-22-14-19(21(27(30)31)15-23(22)33-2)25(29)34-16-24(28)26-20(18-11-7-4-8-12-18)13-17-9-5-3-6-10-17/h3-12,14-15,20H,13,16H2,1-2H3,(H,26,28). The first kappa shape index (κ1) is 24.2. The Kier molecular flexibility index (Phi) is 8.17. The average molecular weight is 464 g/mol. The fraction of sp³-hybridized carbons (Fsp3) is 0.200. The third kappa shape index (κ3) is 6.10. The molecule has 3 aromatic carbocycles. The second-order valence-corrected chi connectivity index (χ2v) is 7.28. The maximum absolute atomic E-state index is 12.6. The lowest BCUT2D eigenvalue weighted by atomic mass is 9.99. The number of rotatable bonds is 10. The molecule has 1 atom stereocenters. The second kappa shape index (κ2) is 11.5. The number of nitro benzene ring substituents is 1. The van der Waals surface area contributed by atoms with E-state index in [-0.39, 0.29) is 23.1 Å². The molecule has 3 aromatic rings. The topological polar surface area (TPSA) is 117 Å². The number of hydrogen-bond acceptors (Lipinski definition) is 7. The van der Waals surface area contributed by atoms with E-state index in [0.717, 1.165) is 23.3 Å². The lowest BCUT2D eigenvalue weighted by molar-refractivity contribution is -0.385. The van der Waals surface area contributed by atoms with E-state index in [1.165, 1.54) is 14.2 Å². The molecule has 0 heterocycles. The van der Waals surface area contributed by atoms with E-state index < -0.39 is 29.1 Å². The molecule has 34 heavy (non-hydrogen) atoms. The molecule has 0 aliphatic heterocycles. The Hall–Kier alpha value is -4.40. The minimum absolute atomic E-state index is 0.0927. The molecule has 9 heteroatoms. The van der Waals surface area contributed by atoms with Gasteiger partial charge in [0.1, 0.15) is 5.56 Å². The Labute approximate surface area is 196 Å². The predicted octanol–water partition coefficient (Wildman–Crippen LogP) is 3.87. The Morgan fingerprint density at radius 3 is 2.12 bits per heavy atom. The van der Waals surface area contributed by atoms with Crippen LogP contribution in [0.2, 0.25) is 0 Å². The van der Waals surface area contributed by atoms with Gasteiger partial charge in [-0.1, -0.05) is 60.7 Å². The molecule has 0 aliphatic rings. The molecule has 1 amide bonds. The van der Waals surface area contributed by atoms with Gasteiger partial charge in [-0.25, -0.2) is 4.79 Å². The highest BCUT2D eigenvalue weighted by Gasteiger charge is 2.26. The number of carbonyl (C=O) groups is 2. The van der Waals surface area contributed by atoms with Crippen LogP contribution in [0.15, 0.2) is 72.8 Å². The van der Waals surface area contributed by atoms with Gasteiger partial charge in [0.05, 0.1) is 31.3 Å². The first-order valence-electron chi connectivity index (χ1n) is 10.4. The van der Waals surface area contributed by atoms with E-state index in [0.29, 0.717) is 6.42 Å². The van der Waals surface area contributed by atoms with Crippen molar-refractivity contribution in [2.45, 2.75) is 12.5 Å². The lowest BCUT2D eigenvalue weighted by Crippen LogP contribution is -2.33. The van der Waals surface area contributed by atoms with E-state index >= 15 is 0 Å². The van der Waals surface area contributed by atoms with E-state index in [9.17, 15) is 19.7 Å². The van der Waals surface area contributed by atoms with Crippen LogP contribution in [0.25, 0.3) is 0 Å².